The summed E-state index contributed by atoms with van der Waals surface area (Å²) in [6, 6.07) is 3.11. The van der Waals surface area contributed by atoms with Crippen molar-refractivity contribution in [1.29, 1.82) is 0 Å². The Labute approximate surface area is 98.5 Å². The van der Waals surface area contributed by atoms with E-state index in [4.69, 9.17) is 16.3 Å². The molecule has 0 saturated carbocycles. The van der Waals surface area contributed by atoms with Gasteiger partial charge in [-0.15, -0.1) is 0 Å². The lowest BCUT2D eigenvalue weighted by molar-refractivity contribution is -0.386. The fourth-order valence-electron chi connectivity index (χ4n) is 1.44. The fourth-order valence-corrected chi connectivity index (χ4v) is 1.69. The van der Waals surface area contributed by atoms with Gasteiger partial charge in [-0.2, -0.15) is 0 Å². The second kappa shape index (κ2) is 5.67. The smallest absolute Gasteiger partial charge is 0.315 e. The molecule has 88 valence electrons. The van der Waals surface area contributed by atoms with Gasteiger partial charge in [-0.3, -0.25) is 10.1 Å². The van der Waals surface area contributed by atoms with E-state index in [-0.39, 0.29) is 11.4 Å². The average molecular weight is 245 g/mol. The van der Waals surface area contributed by atoms with Gasteiger partial charge in [0.2, 0.25) is 0 Å². The zero-order valence-electron chi connectivity index (χ0n) is 9.12. The van der Waals surface area contributed by atoms with Crippen molar-refractivity contribution in [2.75, 3.05) is 20.7 Å². The summed E-state index contributed by atoms with van der Waals surface area (Å²) >= 11 is 5.95. The highest BCUT2D eigenvalue weighted by Gasteiger charge is 2.22. The molecule has 1 aromatic carbocycles. The minimum Gasteiger partial charge on any atom is -0.490 e. The molecule has 0 aliphatic rings. The van der Waals surface area contributed by atoms with Crippen LogP contribution in [0.3, 0.4) is 0 Å². The molecule has 0 fully saturated rings. The molecule has 1 rings (SSSR count). The van der Waals surface area contributed by atoms with Crippen LogP contribution in [0.2, 0.25) is 5.02 Å². The number of nitro benzene ring substituents is 1. The van der Waals surface area contributed by atoms with E-state index < -0.39 is 4.92 Å². The van der Waals surface area contributed by atoms with Gasteiger partial charge < -0.3 is 10.1 Å². The van der Waals surface area contributed by atoms with Crippen molar-refractivity contribution in [1.82, 2.24) is 5.32 Å². The zero-order valence-corrected chi connectivity index (χ0v) is 9.87. The lowest BCUT2D eigenvalue weighted by atomic mass is 10.1. The van der Waals surface area contributed by atoms with E-state index in [2.05, 4.69) is 5.32 Å². The highest BCUT2D eigenvalue weighted by molar-refractivity contribution is 6.31. The van der Waals surface area contributed by atoms with Crippen LogP contribution in [0, 0.1) is 10.1 Å². The number of hydrogen-bond donors (Lipinski definition) is 1. The summed E-state index contributed by atoms with van der Waals surface area (Å²) in [7, 11) is 3.18. The maximum Gasteiger partial charge on any atom is 0.315 e. The average Bonchev–Trinajstić information content (AvgIpc) is 2.26. The standard InChI is InChI=1S/C10H13ClN2O3/c1-12-6-5-7-8(11)3-4-9(16-2)10(7)13(14)15/h3-4,12H,5-6H2,1-2H3. The Morgan fingerprint density at radius 2 is 2.25 bits per heavy atom. The summed E-state index contributed by atoms with van der Waals surface area (Å²) < 4.78 is 4.96. The van der Waals surface area contributed by atoms with Crippen LogP contribution in [-0.4, -0.2) is 25.6 Å². The number of benzene rings is 1. The highest BCUT2D eigenvalue weighted by atomic mass is 35.5. The van der Waals surface area contributed by atoms with Crippen molar-refractivity contribution in [2.45, 2.75) is 6.42 Å². The van der Waals surface area contributed by atoms with E-state index in [1.165, 1.54) is 13.2 Å². The van der Waals surface area contributed by atoms with E-state index in [1.807, 2.05) is 0 Å². The predicted octanol–water partition coefficient (Wildman–Crippen LogP) is 2.02. The monoisotopic (exact) mass is 244 g/mol. The minimum atomic E-state index is -0.463. The van der Waals surface area contributed by atoms with Gasteiger partial charge in [-0.25, -0.2) is 0 Å². The van der Waals surface area contributed by atoms with E-state index in [0.29, 0.717) is 23.6 Å². The number of nitrogens with zero attached hydrogens (tertiary/aromatic N) is 1. The molecule has 1 N–H and O–H groups in total. The molecule has 0 radical (unpaired) electrons. The van der Waals surface area contributed by atoms with E-state index in [0.717, 1.165) is 0 Å². The normalized spacial score (nSPS) is 10.2. The third-order valence-electron chi connectivity index (χ3n) is 2.22. The van der Waals surface area contributed by atoms with E-state index in [1.54, 1.807) is 13.1 Å². The number of nitro groups is 1. The number of likely N-dealkylation sites (N-methyl/N-ethyl adjacent to an activating group) is 1. The largest absolute Gasteiger partial charge is 0.490 e. The van der Waals surface area contributed by atoms with Crippen molar-refractivity contribution in [3.05, 3.63) is 32.8 Å². The molecule has 0 aliphatic carbocycles. The molecule has 0 aromatic heterocycles. The first kappa shape index (κ1) is 12.7. The van der Waals surface area contributed by atoms with Gasteiger partial charge in [0, 0.05) is 0 Å². The van der Waals surface area contributed by atoms with Gasteiger partial charge in [-0.1, -0.05) is 11.6 Å². The Balaban J connectivity index is 3.24. The Hall–Kier alpha value is -1.33. The maximum atomic E-state index is 11.0. The third kappa shape index (κ3) is 2.62. The van der Waals surface area contributed by atoms with Crippen molar-refractivity contribution >= 4 is 17.3 Å². The number of ether oxygens (including phenoxy) is 1. The predicted molar refractivity (Wildman–Crippen MR) is 62.3 cm³/mol. The fraction of sp³-hybridized carbons (Fsp3) is 0.400. The van der Waals surface area contributed by atoms with Crippen LogP contribution in [0.1, 0.15) is 5.56 Å². The third-order valence-corrected chi connectivity index (χ3v) is 2.57. The Morgan fingerprint density at radius 1 is 1.56 bits per heavy atom. The molecule has 0 heterocycles. The van der Waals surface area contributed by atoms with Crippen molar-refractivity contribution in [3.63, 3.8) is 0 Å². The molecule has 0 bridgehead atoms. The lowest BCUT2D eigenvalue weighted by Gasteiger charge is -2.08. The number of hydrogen-bond acceptors (Lipinski definition) is 4. The van der Waals surface area contributed by atoms with Gasteiger partial charge in [0.15, 0.2) is 5.75 Å². The summed E-state index contributed by atoms with van der Waals surface area (Å²) in [6.07, 6.45) is 0.489. The number of halogens is 1. The summed E-state index contributed by atoms with van der Waals surface area (Å²) in [5, 5.41) is 14.3. The molecule has 16 heavy (non-hydrogen) atoms. The first-order valence-corrected chi connectivity index (χ1v) is 5.14. The molecule has 6 heteroatoms. The number of methoxy groups -OCH3 is 1. The molecular formula is C10H13ClN2O3. The molecule has 0 unspecified atom stereocenters. The molecular weight excluding hydrogens is 232 g/mol. The van der Waals surface area contributed by atoms with Crippen LogP contribution >= 0.6 is 11.6 Å². The van der Waals surface area contributed by atoms with Crippen molar-refractivity contribution in [3.8, 4) is 5.75 Å². The first-order chi connectivity index (χ1) is 7.61. The van der Waals surface area contributed by atoms with Gasteiger partial charge in [0.1, 0.15) is 0 Å². The Bertz CT molecular complexity index is 396. The molecule has 0 saturated heterocycles. The topological polar surface area (TPSA) is 64.4 Å². The lowest BCUT2D eigenvalue weighted by Crippen LogP contribution is -2.12. The summed E-state index contributed by atoms with van der Waals surface area (Å²) in [5.41, 5.74) is 0.450. The second-order valence-corrected chi connectivity index (χ2v) is 3.59. The van der Waals surface area contributed by atoms with Gasteiger partial charge in [-0.05, 0) is 32.1 Å². The molecule has 0 spiro atoms. The molecule has 5 nitrogen and oxygen atoms in total. The zero-order chi connectivity index (χ0) is 12.1. The van der Waals surface area contributed by atoms with Crippen LogP contribution in [0.4, 0.5) is 5.69 Å². The molecule has 0 aliphatic heterocycles. The summed E-state index contributed by atoms with van der Waals surface area (Å²) in [4.78, 5) is 10.5. The summed E-state index contributed by atoms with van der Waals surface area (Å²) in [5.74, 6) is 0.237. The number of rotatable bonds is 5. The second-order valence-electron chi connectivity index (χ2n) is 3.19. The Kier molecular flexibility index (Phi) is 4.52. The molecule has 0 amide bonds. The summed E-state index contributed by atoms with van der Waals surface area (Å²) in [6.45, 7) is 0.619. The maximum absolute atomic E-state index is 11.0. The van der Waals surface area contributed by atoms with E-state index in [9.17, 15) is 10.1 Å². The van der Waals surface area contributed by atoms with Crippen LogP contribution in [0.25, 0.3) is 0 Å². The van der Waals surface area contributed by atoms with Crippen molar-refractivity contribution in [2.24, 2.45) is 0 Å². The van der Waals surface area contributed by atoms with Crippen molar-refractivity contribution < 1.29 is 9.66 Å². The highest BCUT2D eigenvalue weighted by Crippen LogP contribution is 2.35. The Morgan fingerprint density at radius 3 is 2.75 bits per heavy atom. The van der Waals surface area contributed by atoms with Crippen LogP contribution in [0.5, 0.6) is 5.75 Å². The first-order valence-electron chi connectivity index (χ1n) is 4.76. The van der Waals surface area contributed by atoms with Crippen LogP contribution in [0.15, 0.2) is 12.1 Å². The minimum absolute atomic E-state index is 0.0507. The number of nitrogens with one attached hydrogen (secondary N) is 1. The van der Waals surface area contributed by atoms with E-state index >= 15 is 0 Å². The molecule has 1 aromatic rings. The van der Waals surface area contributed by atoms with Gasteiger partial charge in [0.05, 0.1) is 22.6 Å². The van der Waals surface area contributed by atoms with Crippen LogP contribution in [-0.2, 0) is 6.42 Å². The van der Waals surface area contributed by atoms with Gasteiger partial charge >= 0.3 is 5.69 Å². The SMILES string of the molecule is CNCCc1c(Cl)ccc(OC)c1[N+](=O)[O-]. The molecule has 0 atom stereocenters. The quantitative estimate of drug-likeness (QED) is 0.636. The van der Waals surface area contributed by atoms with Gasteiger partial charge in [0.25, 0.3) is 0 Å². The van der Waals surface area contributed by atoms with Crippen LogP contribution < -0.4 is 10.1 Å².